The number of carbonyl (C=O) groups excluding carboxylic acids is 2. The molecule has 21 heavy (non-hydrogen) atoms. The molecule has 2 rings (SSSR count). The molecule has 4 nitrogen and oxygen atoms in total. The molecule has 1 aromatic rings. The number of aldehydes is 1. The molecule has 1 heterocycles. The number of ether oxygens (including phenoxy) is 1. The zero-order chi connectivity index (χ0) is 15.1. The SMILES string of the molecule is CC1CCC(C=O)N1C(=O)CCCCOc1ccccc1. The van der Waals surface area contributed by atoms with Crippen molar-refractivity contribution in [1.82, 2.24) is 4.90 Å². The Morgan fingerprint density at radius 2 is 2.05 bits per heavy atom. The largest absolute Gasteiger partial charge is 0.494 e. The smallest absolute Gasteiger partial charge is 0.223 e. The van der Waals surface area contributed by atoms with Gasteiger partial charge in [-0.2, -0.15) is 0 Å². The molecule has 0 spiro atoms. The average Bonchev–Trinajstić information content (AvgIpc) is 2.88. The van der Waals surface area contributed by atoms with E-state index in [2.05, 4.69) is 0 Å². The highest BCUT2D eigenvalue weighted by molar-refractivity contribution is 5.80. The first-order chi connectivity index (χ1) is 10.2. The van der Waals surface area contributed by atoms with Gasteiger partial charge in [0.05, 0.1) is 12.6 Å². The van der Waals surface area contributed by atoms with Gasteiger partial charge >= 0.3 is 0 Å². The third-order valence-electron chi connectivity index (χ3n) is 3.95. The van der Waals surface area contributed by atoms with E-state index in [1.54, 1.807) is 4.90 Å². The Balaban J connectivity index is 1.66. The van der Waals surface area contributed by atoms with E-state index < -0.39 is 0 Å². The van der Waals surface area contributed by atoms with Gasteiger partial charge in [0.2, 0.25) is 5.91 Å². The van der Waals surface area contributed by atoms with Gasteiger partial charge in [0.25, 0.3) is 0 Å². The number of unbranched alkanes of at least 4 members (excludes halogenated alkanes) is 1. The number of hydrogen-bond donors (Lipinski definition) is 0. The Morgan fingerprint density at radius 1 is 1.29 bits per heavy atom. The van der Waals surface area contributed by atoms with Crippen LogP contribution in [0.5, 0.6) is 5.75 Å². The number of benzene rings is 1. The third kappa shape index (κ3) is 4.31. The number of nitrogens with zero attached hydrogens (tertiary/aromatic N) is 1. The Labute approximate surface area is 126 Å². The van der Waals surface area contributed by atoms with E-state index in [1.165, 1.54) is 0 Å². The van der Waals surface area contributed by atoms with Crippen molar-refractivity contribution >= 4 is 12.2 Å². The second kappa shape index (κ2) is 7.81. The number of para-hydroxylation sites is 1. The lowest BCUT2D eigenvalue weighted by Crippen LogP contribution is -2.40. The van der Waals surface area contributed by atoms with Gasteiger partial charge in [-0.05, 0) is 44.7 Å². The Morgan fingerprint density at radius 3 is 2.76 bits per heavy atom. The van der Waals surface area contributed by atoms with Crippen molar-refractivity contribution in [3.8, 4) is 5.75 Å². The van der Waals surface area contributed by atoms with Crippen molar-refractivity contribution < 1.29 is 14.3 Å². The first-order valence-corrected chi connectivity index (χ1v) is 7.66. The second-order valence-corrected chi connectivity index (χ2v) is 5.55. The molecule has 2 unspecified atom stereocenters. The van der Waals surface area contributed by atoms with Gasteiger partial charge in [0, 0.05) is 12.5 Å². The van der Waals surface area contributed by atoms with Crippen LogP contribution in [0.4, 0.5) is 0 Å². The predicted octanol–water partition coefficient (Wildman–Crippen LogP) is 2.81. The predicted molar refractivity (Wildman–Crippen MR) is 81.2 cm³/mol. The Bertz CT molecular complexity index is 460. The zero-order valence-corrected chi connectivity index (χ0v) is 12.5. The normalized spacial score (nSPS) is 21.3. The summed E-state index contributed by atoms with van der Waals surface area (Å²) in [6.07, 6.45) is 4.75. The number of carbonyl (C=O) groups is 2. The summed E-state index contributed by atoms with van der Waals surface area (Å²) in [4.78, 5) is 24.9. The molecule has 4 heteroatoms. The van der Waals surface area contributed by atoms with E-state index in [0.29, 0.717) is 13.0 Å². The monoisotopic (exact) mass is 289 g/mol. The van der Waals surface area contributed by atoms with Gasteiger partial charge in [0.15, 0.2) is 0 Å². The average molecular weight is 289 g/mol. The fourth-order valence-electron chi connectivity index (χ4n) is 2.80. The van der Waals surface area contributed by atoms with Gasteiger partial charge < -0.3 is 14.4 Å². The van der Waals surface area contributed by atoms with Gasteiger partial charge in [-0.15, -0.1) is 0 Å². The van der Waals surface area contributed by atoms with Crippen LogP contribution in [0.2, 0.25) is 0 Å². The van der Waals surface area contributed by atoms with Crippen LogP contribution in [0.25, 0.3) is 0 Å². The highest BCUT2D eigenvalue weighted by Crippen LogP contribution is 2.23. The molecule has 0 radical (unpaired) electrons. The van der Waals surface area contributed by atoms with Gasteiger partial charge in [-0.25, -0.2) is 0 Å². The summed E-state index contributed by atoms with van der Waals surface area (Å²) in [6.45, 7) is 2.63. The molecule has 0 bridgehead atoms. The van der Waals surface area contributed by atoms with Crippen LogP contribution >= 0.6 is 0 Å². The highest BCUT2D eigenvalue weighted by Gasteiger charge is 2.33. The van der Waals surface area contributed by atoms with Crippen LogP contribution in [-0.2, 0) is 9.59 Å². The first-order valence-electron chi connectivity index (χ1n) is 7.66. The summed E-state index contributed by atoms with van der Waals surface area (Å²) in [7, 11) is 0. The molecule has 114 valence electrons. The lowest BCUT2D eigenvalue weighted by molar-refractivity contribution is -0.136. The van der Waals surface area contributed by atoms with Gasteiger partial charge in [0.1, 0.15) is 12.0 Å². The van der Waals surface area contributed by atoms with Gasteiger partial charge in [-0.1, -0.05) is 18.2 Å². The molecule has 0 aromatic heterocycles. The number of hydrogen-bond acceptors (Lipinski definition) is 3. The fraction of sp³-hybridized carbons (Fsp3) is 0.529. The first kappa shape index (κ1) is 15.5. The van der Waals surface area contributed by atoms with Crippen LogP contribution in [0.1, 0.15) is 39.0 Å². The molecule has 1 aliphatic heterocycles. The minimum Gasteiger partial charge on any atom is -0.494 e. The number of amides is 1. The van der Waals surface area contributed by atoms with Crippen molar-refractivity contribution in [2.45, 2.75) is 51.1 Å². The van der Waals surface area contributed by atoms with Crippen molar-refractivity contribution in [2.75, 3.05) is 6.61 Å². The molecule has 1 fully saturated rings. The van der Waals surface area contributed by atoms with Crippen LogP contribution in [0.15, 0.2) is 30.3 Å². The van der Waals surface area contributed by atoms with Crippen molar-refractivity contribution in [2.24, 2.45) is 0 Å². The summed E-state index contributed by atoms with van der Waals surface area (Å²) in [5.74, 6) is 0.954. The quantitative estimate of drug-likeness (QED) is 0.573. The Kier molecular flexibility index (Phi) is 5.78. The molecule has 0 aliphatic carbocycles. The summed E-state index contributed by atoms with van der Waals surface area (Å²) in [5.41, 5.74) is 0. The highest BCUT2D eigenvalue weighted by atomic mass is 16.5. The zero-order valence-electron chi connectivity index (χ0n) is 12.5. The van der Waals surface area contributed by atoms with Crippen LogP contribution in [0, 0.1) is 0 Å². The molecule has 1 aromatic carbocycles. The fourth-order valence-corrected chi connectivity index (χ4v) is 2.80. The topological polar surface area (TPSA) is 46.6 Å². The minimum absolute atomic E-state index is 0.0943. The molecular weight excluding hydrogens is 266 g/mol. The van der Waals surface area contributed by atoms with E-state index in [0.717, 1.165) is 37.7 Å². The molecule has 1 saturated heterocycles. The molecule has 2 atom stereocenters. The van der Waals surface area contributed by atoms with E-state index in [-0.39, 0.29) is 18.0 Å². The van der Waals surface area contributed by atoms with E-state index in [1.807, 2.05) is 37.3 Å². The van der Waals surface area contributed by atoms with E-state index in [4.69, 9.17) is 4.74 Å². The lowest BCUT2D eigenvalue weighted by Gasteiger charge is -2.25. The number of rotatable bonds is 7. The second-order valence-electron chi connectivity index (χ2n) is 5.55. The standard InChI is InChI=1S/C17H23NO3/c1-14-10-11-15(13-19)18(14)17(20)9-5-6-12-21-16-7-3-2-4-8-16/h2-4,7-8,13-15H,5-6,9-12H2,1H3. The maximum atomic E-state index is 12.2. The summed E-state index contributed by atoms with van der Waals surface area (Å²) in [5, 5.41) is 0. The van der Waals surface area contributed by atoms with Gasteiger partial charge in [-0.3, -0.25) is 4.79 Å². The molecular formula is C17H23NO3. The van der Waals surface area contributed by atoms with Crippen molar-refractivity contribution in [3.63, 3.8) is 0 Å². The lowest BCUT2D eigenvalue weighted by atomic mass is 10.2. The van der Waals surface area contributed by atoms with Crippen molar-refractivity contribution in [3.05, 3.63) is 30.3 Å². The summed E-state index contributed by atoms with van der Waals surface area (Å²) in [6, 6.07) is 9.64. The summed E-state index contributed by atoms with van der Waals surface area (Å²) >= 11 is 0. The molecule has 0 N–H and O–H groups in total. The van der Waals surface area contributed by atoms with Crippen LogP contribution < -0.4 is 4.74 Å². The number of likely N-dealkylation sites (tertiary alicyclic amines) is 1. The molecule has 1 aliphatic rings. The minimum atomic E-state index is -0.215. The molecule has 0 saturated carbocycles. The maximum absolute atomic E-state index is 12.2. The van der Waals surface area contributed by atoms with E-state index in [9.17, 15) is 9.59 Å². The molecule has 1 amide bonds. The third-order valence-corrected chi connectivity index (χ3v) is 3.95. The maximum Gasteiger partial charge on any atom is 0.223 e. The Hall–Kier alpha value is -1.84. The van der Waals surface area contributed by atoms with Crippen LogP contribution in [0.3, 0.4) is 0 Å². The van der Waals surface area contributed by atoms with Crippen molar-refractivity contribution in [1.29, 1.82) is 0 Å². The van der Waals surface area contributed by atoms with Crippen LogP contribution in [-0.4, -0.2) is 35.8 Å². The summed E-state index contributed by atoms with van der Waals surface area (Å²) < 4.78 is 5.60. The van der Waals surface area contributed by atoms with E-state index >= 15 is 0 Å².